The van der Waals surface area contributed by atoms with Crippen LogP contribution >= 0.6 is 12.2 Å². The highest BCUT2D eigenvalue weighted by Gasteiger charge is 2.44. The van der Waals surface area contributed by atoms with E-state index >= 15 is 0 Å². The van der Waals surface area contributed by atoms with Gasteiger partial charge < -0.3 is 19.2 Å². The average Bonchev–Trinajstić information content (AvgIpc) is 3.16. The van der Waals surface area contributed by atoms with Crippen molar-refractivity contribution in [3.05, 3.63) is 17.3 Å². The molecule has 1 aliphatic heterocycles. The molecule has 138 valence electrons. The number of fused-ring (bicyclic) bond motifs is 1. The molecule has 1 N–H and O–H groups in total. The van der Waals surface area contributed by atoms with Gasteiger partial charge in [-0.15, -0.1) is 0 Å². The number of nitrogens with zero attached hydrogens (tertiary/aromatic N) is 3. The van der Waals surface area contributed by atoms with Gasteiger partial charge in [0.1, 0.15) is 23.4 Å². The number of nitrogens with one attached hydrogen (secondary N) is 1. The SMILES string of the molecule is CC(=O)O[C@H](C=O)[C@H]1C[C@@H](OC(C)=O)[C@@H](n2cnc3c(=S)nc[nH]c32)O1. The number of aldehydes is 1. The highest BCUT2D eigenvalue weighted by molar-refractivity contribution is 7.71. The van der Waals surface area contributed by atoms with Crippen molar-refractivity contribution in [2.45, 2.75) is 44.8 Å². The number of aromatic nitrogens is 4. The smallest absolute Gasteiger partial charge is 0.303 e. The maximum atomic E-state index is 11.5. The van der Waals surface area contributed by atoms with Crippen LogP contribution in [0.25, 0.3) is 11.2 Å². The summed E-state index contributed by atoms with van der Waals surface area (Å²) in [5.74, 6) is -1.11. The number of hydrogen-bond acceptors (Lipinski definition) is 9. The summed E-state index contributed by atoms with van der Waals surface area (Å²) in [5, 5.41) is 0. The molecule has 2 aromatic heterocycles. The Kier molecular flexibility index (Phi) is 5.09. The summed E-state index contributed by atoms with van der Waals surface area (Å²) in [6.07, 6.45) is 0.198. The largest absolute Gasteiger partial charge is 0.458 e. The predicted octanol–water partition coefficient (Wildman–Crippen LogP) is 0.839. The molecule has 0 aliphatic carbocycles. The fourth-order valence-electron chi connectivity index (χ4n) is 2.89. The van der Waals surface area contributed by atoms with Crippen molar-refractivity contribution in [3.63, 3.8) is 0 Å². The second-order valence-electron chi connectivity index (χ2n) is 5.72. The van der Waals surface area contributed by atoms with Gasteiger partial charge in [-0.3, -0.25) is 19.0 Å². The molecule has 4 atom stereocenters. The number of aromatic amines is 1. The molecular weight excluding hydrogens is 364 g/mol. The molecule has 10 nitrogen and oxygen atoms in total. The summed E-state index contributed by atoms with van der Waals surface area (Å²) in [7, 11) is 0. The van der Waals surface area contributed by atoms with Crippen molar-refractivity contribution in [1.29, 1.82) is 0 Å². The third-order valence-corrected chi connectivity index (χ3v) is 4.17. The van der Waals surface area contributed by atoms with Crippen molar-refractivity contribution >= 4 is 41.6 Å². The van der Waals surface area contributed by atoms with Crippen LogP contribution in [0.3, 0.4) is 0 Å². The molecule has 0 saturated carbocycles. The number of carbonyl (C=O) groups excluding carboxylic acids is 3. The van der Waals surface area contributed by atoms with Crippen molar-refractivity contribution in [1.82, 2.24) is 19.5 Å². The van der Waals surface area contributed by atoms with E-state index in [4.69, 9.17) is 26.4 Å². The lowest BCUT2D eigenvalue weighted by Crippen LogP contribution is -2.32. The molecule has 1 saturated heterocycles. The van der Waals surface area contributed by atoms with E-state index in [0.29, 0.717) is 22.1 Å². The summed E-state index contributed by atoms with van der Waals surface area (Å²) in [5.41, 5.74) is 0.992. The monoisotopic (exact) mass is 380 g/mol. The Morgan fingerprint density at radius 3 is 2.85 bits per heavy atom. The van der Waals surface area contributed by atoms with Crippen LogP contribution < -0.4 is 0 Å². The van der Waals surface area contributed by atoms with Crippen molar-refractivity contribution in [2.24, 2.45) is 0 Å². The van der Waals surface area contributed by atoms with Crippen molar-refractivity contribution in [2.75, 3.05) is 0 Å². The van der Waals surface area contributed by atoms with Crippen molar-refractivity contribution < 1.29 is 28.6 Å². The molecule has 26 heavy (non-hydrogen) atoms. The molecule has 0 amide bonds. The number of imidazole rings is 1. The van der Waals surface area contributed by atoms with Crippen LogP contribution in [0, 0.1) is 4.64 Å². The van der Waals surface area contributed by atoms with Gasteiger partial charge in [-0.1, -0.05) is 12.2 Å². The number of carbonyl (C=O) groups is 3. The molecule has 2 aromatic rings. The first-order chi connectivity index (χ1) is 12.4. The molecule has 3 heterocycles. The number of ether oxygens (including phenoxy) is 3. The molecule has 0 spiro atoms. The maximum absolute atomic E-state index is 11.5. The second-order valence-corrected chi connectivity index (χ2v) is 6.10. The summed E-state index contributed by atoms with van der Waals surface area (Å²) >= 11 is 5.14. The quantitative estimate of drug-likeness (QED) is 0.456. The van der Waals surface area contributed by atoms with E-state index in [0.717, 1.165) is 0 Å². The van der Waals surface area contributed by atoms with E-state index in [2.05, 4.69) is 15.0 Å². The lowest BCUT2D eigenvalue weighted by molar-refractivity contribution is -0.160. The highest BCUT2D eigenvalue weighted by Crippen LogP contribution is 2.35. The van der Waals surface area contributed by atoms with Gasteiger partial charge in [0.05, 0.1) is 12.7 Å². The second kappa shape index (κ2) is 7.30. The Morgan fingerprint density at radius 2 is 2.19 bits per heavy atom. The first-order valence-corrected chi connectivity index (χ1v) is 8.17. The minimum absolute atomic E-state index is 0.173. The number of H-pyrrole nitrogens is 1. The molecule has 1 fully saturated rings. The first-order valence-electron chi connectivity index (χ1n) is 7.76. The third-order valence-electron chi connectivity index (χ3n) is 3.87. The molecule has 1 aliphatic rings. The van der Waals surface area contributed by atoms with Crippen LogP contribution in [0.1, 0.15) is 26.5 Å². The maximum Gasteiger partial charge on any atom is 0.303 e. The van der Waals surface area contributed by atoms with Crippen LogP contribution in [-0.2, 0) is 28.6 Å². The van der Waals surface area contributed by atoms with Gasteiger partial charge >= 0.3 is 11.9 Å². The summed E-state index contributed by atoms with van der Waals surface area (Å²) in [6.45, 7) is 2.47. The summed E-state index contributed by atoms with van der Waals surface area (Å²) < 4.78 is 18.1. The summed E-state index contributed by atoms with van der Waals surface area (Å²) in [6, 6.07) is 0. The molecular formula is C15H16N4O6S. The van der Waals surface area contributed by atoms with E-state index < -0.39 is 36.5 Å². The highest BCUT2D eigenvalue weighted by atomic mass is 32.1. The van der Waals surface area contributed by atoms with E-state index in [1.54, 1.807) is 4.57 Å². The molecule has 0 radical (unpaired) electrons. The molecule has 0 unspecified atom stereocenters. The fraction of sp³-hybridized carbons (Fsp3) is 0.467. The van der Waals surface area contributed by atoms with Crippen LogP contribution in [0.15, 0.2) is 12.7 Å². The van der Waals surface area contributed by atoms with Gasteiger partial charge in [0, 0.05) is 20.3 Å². The molecule has 0 bridgehead atoms. The van der Waals surface area contributed by atoms with E-state index in [-0.39, 0.29) is 6.42 Å². The Bertz CT molecular complexity index is 909. The first kappa shape index (κ1) is 18.1. The fourth-order valence-corrected chi connectivity index (χ4v) is 3.10. The Hall–Kier alpha value is -2.66. The van der Waals surface area contributed by atoms with Gasteiger partial charge in [-0.25, -0.2) is 9.97 Å². The number of rotatable bonds is 5. The van der Waals surface area contributed by atoms with Crippen molar-refractivity contribution in [3.8, 4) is 0 Å². The zero-order valence-electron chi connectivity index (χ0n) is 13.9. The predicted molar refractivity (Wildman–Crippen MR) is 88.4 cm³/mol. The normalized spacial score (nSPS) is 23.5. The Morgan fingerprint density at radius 1 is 1.42 bits per heavy atom. The van der Waals surface area contributed by atoms with E-state index in [1.165, 1.54) is 26.5 Å². The van der Waals surface area contributed by atoms with Crippen LogP contribution in [0.2, 0.25) is 0 Å². The van der Waals surface area contributed by atoms with E-state index in [9.17, 15) is 14.4 Å². The standard InChI is InChI=1S/C15H16N4O6S/c1-7(21)23-10-3-9(11(4-20)24-8(2)22)25-15(10)19-6-18-12-13(19)16-5-17-14(12)26/h4-6,9-11,15H,3H2,1-2H3,(H,16,17,26)/t9-,10-,11-,15+/m1/s1. The lowest BCUT2D eigenvalue weighted by atomic mass is 10.1. The van der Waals surface area contributed by atoms with Crippen LogP contribution in [-0.4, -0.2) is 56.1 Å². The zero-order valence-corrected chi connectivity index (χ0v) is 14.8. The number of hydrogen-bond donors (Lipinski definition) is 1. The molecule has 11 heteroatoms. The van der Waals surface area contributed by atoms with Gasteiger partial charge in [0.2, 0.25) is 0 Å². The van der Waals surface area contributed by atoms with Gasteiger partial charge in [0.25, 0.3) is 0 Å². The average molecular weight is 380 g/mol. The van der Waals surface area contributed by atoms with Gasteiger partial charge in [0.15, 0.2) is 23.3 Å². The number of esters is 2. The van der Waals surface area contributed by atoms with Crippen LogP contribution in [0.5, 0.6) is 0 Å². The van der Waals surface area contributed by atoms with E-state index in [1.807, 2.05) is 0 Å². The summed E-state index contributed by atoms with van der Waals surface area (Å²) in [4.78, 5) is 45.0. The zero-order chi connectivity index (χ0) is 18.8. The minimum Gasteiger partial charge on any atom is -0.458 e. The Labute approximate surface area is 152 Å². The van der Waals surface area contributed by atoms with Gasteiger partial charge in [-0.05, 0) is 0 Å². The lowest BCUT2D eigenvalue weighted by Gasteiger charge is -2.20. The van der Waals surface area contributed by atoms with Gasteiger partial charge in [-0.2, -0.15) is 0 Å². The third kappa shape index (κ3) is 3.48. The topological polar surface area (TPSA) is 125 Å². The Balaban J connectivity index is 1.95. The molecule has 3 rings (SSSR count). The minimum atomic E-state index is -1.11. The van der Waals surface area contributed by atoms with Crippen LogP contribution in [0.4, 0.5) is 0 Å². The molecule has 0 aromatic carbocycles.